The number of aromatic nitrogens is 2. The number of imidazole rings is 1. The summed E-state index contributed by atoms with van der Waals surface area (Å²) in [6, 6.07) is 2.87. The molecule has 0 spiro atoms. The summed E-state index contributed by atoms with van der Waals surface area (Å²) in [5.74, 6) is -1.31. The van der Waals surface area contributed by atoms with Crippen molar-refractivity contribution in [2.75, 3.05) is 6.61 Å². The SMILES string of the molecule is Cn1c(S(=O)(=O)C2CC2)nc2c1CN([C@H]1CO[C@@](c3cc(F)ccc3F)(C(C)(C)C)[C@@H](OC(N)=O)C1)C2. The van der Waals surface area contributed by atoms with Crippen molar-refractivity contribution in [1.82, 2.24) is 14.5 Å². The molecule has 0 bridgehead atoms. The summed E-state index contributed by atoms with van der Waals surface area (Å²) in [6.45, 7) is 6.39. The molecule has 0 unspecified atom stereocenters. The average molecular weight is 539 g/mol. The largest absolute Gasteiger partial charge is 0.443 e. The van der Waals surface area contributed by atoms with Crippen LogP contribution in [0.3, 0.4) is 0 Å². The zero-order valence-corrected chi connectivity index (χ0v) is 22.1. The average Bonchev–Trinajstić information content (AvgIpc) is 3.51. The molecule has 3 heterocycles. The lowest BCUT2D eigenvalue weighted by atomic mass is 9.66. The van der Waals surface area contributed by atoms with Gasteiger partial charge in [-0.3, -0.25) is 4.90 Å². The van der Waals surface area contributed by atoms with E-state index in [2.05, 4.69) is 9.88 Å². The van der Waals surface area contributed by atoms with Gasteiger partial charge in [0.15, 0.2) is 0 Å². The predicted molar refractivity (Wildman–Crippen MR) is 129 cm³/mol. The van der Waals surface area contributed by atoms with Crippen LogP contribution >= 0.6 is 0 Å². The smallest absolute Gasteiger partial charge is 0.404 e. The lowest BCUT2D eigenvalue weighted by molar-refractivity contribution is -0.231. The maximum Gasteiger partial charge on any atom is 0.404 e. The first-order valence-corrected chi connectivity index (χ1v) is 13.9. The quantitative estimate of drug-likeness (QED) is 0.622. The predicted octanol–water partition coefficient (Wildman–Crippen LogP) is 3.14. The van der Waals surface area contributed by atoms with Crippen molar-refractivity contribution in [2.45, 2.75) is 81.3 Å². The highest BCUT2D eigenvalue weighted by Crippen LogP contribution is 2.51. The number of sulfone groups is 1. The zero-order valence-electron chi connectivity index (χ0n) is 21.3. The van der Waals surface area contributed by atoms with E-state index in [-0.39, 0.29) is 35.0 Å². The number of amides is 1. The molecule has 202 valence electrons. The van der Waals surface area contributed by atoms with Gasteiger partial charge >= 0.3 is 6.09 Å². The number of hydrogen-bond acceptors (Lipinski definition) is 7. The van der Waals surface area contributed by atoms with Gasteiger partial charge in [0, 0.05) is 38.2 Å². The van der Waals surface area contributed by atoms with Crippen LogP contribution in [0.2, 0.25) is 0 Å². The lowest BCUT2D eigenvalue weighted by Gasteiger charge is -2.53. The molecule has 3 atom stereocenters. The summed E-state index contributed by atoms with van der Waals surface area (Å²) >= 11 is 0. The van der Waals surface area contributed by atoms with E-state index in [4.69, 9.17) is 15.2 Å². The van der Waals surface area contributed by atoms with Gasteiger partial charge < -0.3 is 19.8 Å². The van der Waals surface area contributed by atoms with Crippen molar-refractivity contribution in [3.8, 4) is 0 Å². The Labute approximate surface area is 214 Å². The van der Waals surface area contributed by atoms with Gasteiger partial charge in [0.1, 0.15) is 23.3 Å². The van der Waals surface area contributed by atoms with Crippen LogP contribution in [0.25, 0.3) is 0 Å². The number of benzene rings is 1. The first-order valence-electron chi connectivity index (χ1n) is 12.3. The first-order chi connectivity index (χ1) is 17.3. The third-order valence-electron chi connectivity index (χ3n) is 7.84. The Morgan fingerprint density at radius 3 is 2.54 bits per heavy atom. The van der Waals surface area contributed by atoms with E-state index in [1.54, 1.807) is 11.6 Å². The second-order valence-electron chi connectivity index (χ2n) is 11.2. The zero-order chi connectivity index (χ0) is 26.9. The minimum absolute atomic E-state index is 0.0361. The number of halogens is 2. The van der Waals surface area contributed by atoms with Crippen LogP contribution in [0.15, 0.2) is 23.4 Å². The first kappa shape index (κ1) is 26.1. The van der Waals surface area contributed by atoms with Crippen molar-refractivity contribution in [3.63, 3.8) is 0 Å². The van der Waals surface area contributed by atoms with Gasteiger partial charge in [-0.05, 0) is 36.5 Å². The third-order valence-corrected chi connectivity index (χ3v) is 10.1. The molecular weight excluding hydrogens is 506 g/mol. The Bertz CT molecular complexity index is 1350. The standard InChI is InChI=1S/C25H32F2N4O5S/c1-24(2,3)25(17-9-14(26)5-8-18(17)27)21(36-22(28)32)10-15(13-35-25)31-11-19-20(12-31)30(4)23(29-19)37(33,34)16-6-7-16/h5,8-9,15-16,21H,6-7,10-13H2,1-4H3,(H2,28,32)/t15-,21+,25-/m1/s1. The van der Waals surface area contributed by atoms with Gasteiger partial charge in [-0.2, -0.15) is 0 Å². The number of ether oxygens (including phenoxy) is 2. The molecule has 2 N–H and O–H groups in total. The second-order valence-corrected chi connectivity index (χ2v) is 13.4. The van der Waals surface area contributed by atoms with Crippen molar-refractivity contribution in [3.05, 3.63) is 46.8 Å². The molecule has 1 aromatic carbocycles. The second kappa shape index (κ2) is 8.74. The molecule has 2 aliphatic heterocycles. The molecule has 1 aromatic heterocycles. The summed E-state index contributed by atoms with van der Waals surface area (Å²) in [5.41, 5.74) is 4.56. The van der Waals surface area contributed by atoms with E-state index in [0.717, 1.165) is 23.9 Å². The van der Waals surface area contributed by atoms with Crippen LogP contribution in [0.5, 0.6) is 0 Å². The van der Waals surface area contributed by atoms with Crippen molar-refractivity contribution >= 4 is 15.9 Å². The van der Waals surface area contributed by atoms with Gasteiger partial charge in [-0.25, -0.2) is 27.0 Å². The number of rotatable bonds is 5. The number of carbonyl (C=O) groups is 1. The number of nitrogens with zero attached hydrogens (tertiary/aromatic N) is 3. The minimum Gasteiger partial charge on any atom is -0.443 e. The molecule has 1 saturated heterocycles. The molecule has 0 radical (unpaired) electrons. The molecule has 9 nitrogen and oxygen atoms in total. The highest BCUT2D eigenvalue weighted by molar-refractivity contribution is 7.92. The van der Waals surface area contributed by atoms with E-state index >= 15 is 4.39 Å². The van der Waals surface area contributed by atoms with Crippen molar-refractivity contribution < 1.29 is 31.5 Å². The highest BCUT2D eigenvalue weighted by atomic mass is 32.2. The van der Waals surface area contributed by atoms with Gasteiger partial charge in [-0.1, -0.05) is 20.8 Å². The third kappa shape index (κ3) is 4.22. The topological polar surface area (TPSA) is 117 Å². The normalized spacial score (nSPS) is 26.8. The molecule has 5 rings (SSSR count). The Morgan fingerprint density at radius 1 is 1.24 bits per heavy atom. The van der Waals surface area contributed by atoms with Crippen LogP contribution in [0.4, 0.5) is 13.6 Å². The van der Waals surface area contributed by atoms with Crippen molar-refractivity contribution in [2.24, 2.45) is 18.2 Å². The summed E-state index contributed by atoms with van der Waals surface area (Å²) in [7, 11) is -1.73. The molecule has 3 aliphatic rings. The maximum absolute atomic E-state index is 15.1. The summed E-state index contributed by atoms with van der Waals surface area (Å²) < 4.78 is 68.5. The molecule has 1 amide bonds. The summed E-state index contributed by atoms with van der Waals surface area (Å²) in [5, 5.41) is -0.250. The van der Waals surface area contributed by atoms with Crippen LogP contribution in [0, 0.1) is 17.0 Å². The number of primary amides is 1. The van der Waals surface area contributed by atoms with E-state index in [0.29, 0.717) is 31.6 Å². The van der Waals surface area contributed by atoms with E-state index < -0.39 is 44.7 Å². The molecule has 12 heteroatoms. The Morgan fingerprint density at radius 2 is 1.95 bits per heavy atom. The van der Waals surface area contributed by atoms with Crippen molar-refractivity contribution in [1.29, 1.82) is 0 Å². The fourth-order valence-electron chi connectivity index (χ4n) is 5.83. The Balaban J connectivity index is 1.45. The van der Waals surface area contributed by atoms with E-state index in [9.17, 15) is 17.6 Å². The van der Waals surface area contributed by atoms with Gasteiger partial charge in [0.05, 0.1) is 23.2 Å². The maximum atomic E-state index is 15.1. The lowest BCUT2D eigenvalue weighted by Crippen LogP contribution is -2.61. The Kier molecular flexibility index (Phi) is 6.15. The van der Waals surface area contributed by atoms with Crippen LogP contribution in [-0.4, -0.2) is 53.0 Å². The molecule has 37 heavy (non-hydrogen) atoms. The van der Waals surface area contributed by atoms with Gasteiger partial charge in [0.2, 0.25) is 15.0 Å². The number of nitrogens with two attached hydrogens (primary N) is 1. The highest BCUT2D eigenvalue weighted by Gasteiger charge is 2.58. The minimum atomic E-state index is -3.44. The molecule has 2 fully saturated rings. The molecule has 1 aliphatic carbocycles. The number of hydrogen-bond donors (Lipinski definition) is 1. The molecule has 2 aromatic rings. The monoisotopic (exact) mass is 538 g/mol. The fourth-order valence-corrected chi connectivity index (χ4v) is 7.62. The van der Waals surface area contributed by atoms with Crippen LogP contribution in [0.1, 0.15) is 57.0 Å². The molecular formula is C25H32F2N4O5S. The van der Waals surface area contributed by atoms with Crippen LogP contribution < -0.4 is 5.73 Å². The van der Waals surface area contributed by atoms with Gasteiger partial charge in [0.25, 0.3) is 0 Å². The molecule has 1 saturated carbocycles. The number of carbonyl (C=O) groups excluding carboxylic acids is 1. The van der Waals surface area contributed by atoms with Gasteiger partial charge in [-0.15, -0.1) is 0 Å². The number of fused-ring (bicyclic) bond motifs is 1. The summed E-state index contributed by atoms with van der Waals surface area (Å²) in [6.07, 6.45) is -0.483. The summed E-state index contributed by atoms with van der Waals surface area (Å²) in [4.78, 5) is 18.5. The van der Waals surface area contributed by atoms with E-state index in [1.807, 2.05) is 20.8 Å². The Hall–Kier alpha value is -2.57. The van der Waals surface area contributed by atoms with E-state index in [1.165, 1.54) is 0 Å². The fraction of sp³-hybridized carbons (Fsp3) is 0.600. The van der Waals surface area contributed by atoms with Crippen LogP contribution in [-0.2, 0) is 45.0 Å².